The summed E-state index contributed by atoms with van der Waals surface area (Å²) < 4.78 is 3.25. The minimum Gasteiger partial charge on any atom is -0.309 e. The van der Waals surface area contributed by atoms with Gasteiger partial charge in [0.2, 0.25) is 0 Å². The lowest BCUT2D eigenvalue weighted by atomic mass is 10.1. The number of rotatable bonds is 8. The highest BCUT2D eigenvalue weighted by Gasteiger charge is 2.18. The van der Waals surface area contributed by atoms with Crippen LogP contribution in [0.25, 0.3) is 0 Å². The van der Waals surface area contributed by atoms with E-state index in [0.717, 1.165) is 30.4 Å². The Kier molecular flexibility index (Phi) is 7.23. The van der Waals surface area contributed by atoms with E-state index in [1.54, 1.807) is 0 Å². The fourth-order valence-corrected chi connectivity index (χ4v) is 2.97. The van der Waals surface area contributed by atoms with Crippen LogP contribution < -0.4 is 5.32 Å². The second-order valence-electron chi connectivity index (χ2n) is 3.99. The van der Waals surface area contributed by atoms with Crippen molar-refractivity contribution in [1.29, 1.82) is 0 Å². The molecule has 0 bridgehead atoms. The molecule has 0 radical (unpaired) electrons. The third-order valence-electron chi connectivity index (χ3n) is 2.66. The Bertz CT molecular complexity index is 328. The van der Waals surface area contributed by atoms with Gasteiger partial charge in [-0.25, -0.2) is 0 Å². The van der Waals surface area contributed by atoms with Crippen LogP contribution in [0.2, 0.25) is 0 Å². The van der Waals surface area contributed by atoms with Crippen molar-refractivity contribution >= 4 is 27.7 Å². The zero-order valence-electron chi connectivity index (χ0n) is 10.9. The molecule has 3 nitrogen and oxygen atoms in total. The minimum absolute atomic E-state index is 0.399. The Hall–Kier alpha value is -0.0000000000000000763. The Balaban J connectivity index is 2.86. The van der Waals surface area contributed by atoms with Crippen molar-refractivity contribution in [2.24, 2.45) is 0 Å². The number of nitrogens with zero attached hydrogens (tertiary/aromatic N) is 2. The third-order valence-corrected chi connectivity index (χ3v) is 3.91. The lowest BCUT2D eigenvalue weighted by Crippen LogP contribution is -2.25. The maximum atomic E-state index is 4.44. The first-order chi connectivity index (χ1) is 8.24. The summed E-state index contributed by atoms with van der Waals surface area (Å²) in [7, 11) is 0. The fraction of sp³-hybridized carbons (Fsp3) is 0.750. The number of nitrogens with one attached hydrogen (secondary N) is 1. The number of hydrogen-bond donors (Lipinski definition) is 1. The number of thioether (sulfide) groups is 1. The summed E-state index contributed by atoms with van der Waals surface area (Å²) in [6, 6.07) is 0.399. The van der Waals surface area contributed by atoms with Crippen LogP contribution in [0.1, 0.15) is 38.4 Å². The number of halogens is 1. The molecule has 0 saturated heterocycles. The summed E-state index contributed by atoms with van der Waals surface area (Å²) in [6.45, 7) is 6.31. The highest BCUT2D eigenvalue weighted by atomic mass is 79.9. The van der Waals surface area contributed by atoms with Gasteiger partial charge in [0.1, 0.15) is 0 Å². The van der Waals surface area contributed by atoms with Gasteiger partial charge >= 0.3 is 0 Å². The second-order valence-corrected chi connectivity index (χ2v) is 5.83. The molecule has 17 heavy (non-hydrogen) atoms. The standard InChI is InChI=1S/C12H22BrN3S/c1-4-7-16-12(10(13)9-15-16)11(14-5-2)6-8-17-3/h9,11,14H,4-8H2,1-3H3. The number of aryl methyl sites for hydroxylation is 1. The molecule has 1 unspecified atom stereocenters. The van der Waals surface area contributed by atoms with Crippen LogP contribution in [0.15, 0.2) is 10.7 Å². The molecule has 1 N–H and O–H groups in total. The van der Waals surface area contributed by atoms with Gasteiger partial charge in [-0.15, -0.1) is 0 Å². The van der Waals surface area contributed by atoms with Crippen LogP contribution in [0.3, 0.4) is 0 Å². The van der Waals surface area contributed by atoms with E-state index < -0.39 is 0 Å². The van der Waals surface area contributed by atoms with Gasteiger partial charge in [0.05, 0.1) is 22.4 Å². The van der Waals surface area contributed by atoms with E-state index in [1.807, 2.05) is 18.0 Å². The third kappa shape index (κ3) is 4.30. The molecule has 0 aliphatic carbocycles. The smallest absolute Gasteiger partial charge is 0.0695 e. The molecule has 1 atom stereocenters. The van der Waals surface area contributed by atoms with Crippen LogP contribution in [-0.2, 0) is 6.54 Å². The van der Waals surface area contributed by atoms with Gasteiger partial charge < -0.3 is 5.32 Å². The molecule has 0 aromatic carbocycles. The van der Waals surface area contributed by atoms with E-state index in [0.29, 0.717) is 6.04 Å². The summed E-state index contributed by atoms with van der Waals surface area (Å²) in [5.41, 5.74) is 1.29. The predicted molar refractivity (Wildman–Crippen MR) is 79.6 cm³/mol. The quantitative estimate of drug-likeness (QED) is 0.795. The molecule has 0 amide bonds. The van der Waals surface area contributed by atoms with Crippen molar-refractivity contribution in [2.45, 2.75) is 39.3 Å². The van der Waals surface area contributed by atoms with E-state index in [2.05, 4.69) is 51.1 Å². The molecular formula is C12H22BrN3S. The van der Waals surface area contributed by atoms with E-state index in [9.17, 15) is 0 Å². The van der Waals surface area contributed by atoms with E-state index in [1.165, 1.54) is 11.4 Å². The molecule has 1 rings (SSSR count). The lowest BCUT2D eigenvalue weighted by Gasteiger charge is -2.19. The molecule has 0 saturated carbocycles. The van der Waals surface area contributed by atoms with Crippen molar-refractivity contribution in [1.82, 2.24) is 15.1 Å². The van der Waals surface area contributed by atoms with Crippen LogP contribution in [-0.4, -0.2) is 28.3 Å². The van der Waals surface area contributed by atoms with Crippen molar-refractivity contribution in [2.75, 3.05) is 18.6 Å². The molecule has 98 valence electrons. The molecule has 1 aromatic rings. The first-order valence-electron chi connectivity index (χ1n) is 6.18. The predicted octanol–water partition coefficient (Wildman–Crippen LogP) is 3.46. The van der Waals surface area contributed by atoms with Gasteiger partial charge in [0.25, 0.3) is 0 Å². The monoisotopic (exact) mass is 319 g/mol. The van der Waals surface area contributed by atoms with Crippen molar-refractivity contribution in [3.05, 3.63) is 16.4 Å². The zero-order chi connectivity index (χ0) is 12.7. The normalized spacial score (nSPS) is 12.9. The summed E-state index contributed by atoms with van der Waals surface area (Å²) in [6.07, 6.45) is 6.32. The van der Waals surface area contributed by atoms with Crippen molar-refractivity contribution in [3.8, 4) is 0 Å². The Labute approximate surface area is 117 Å². The average Bonchev–Trinajstić information content (AvgIpc) is 2.67. The highest BCUT2D eigenvalue weighted by molar-refractivity contribution is 9.10. The van der Waals surface area contributed by atoms with Gasteiger partial charge in [0.15, 0.2) is 0 Å². The number of aromatic nitrogens is 2. The summed E-state index contributed by atoms with van der Waals surface area (Å²) in [5, 5.41) is 7.99. The maximum absolute atomic E-state index is 4.44. The SMILES string of the molecule is CCCn1ncc(Br)c1C(CCSC)NCC. The summed E-state index contributed by atoms with van der Waals surface area (Å²) in [4.78, 5) is 0. The average molecular weight is 320 g/mol. The Morgan fingerprint density at radius 3 is 2.88 bits per heavy atom. The second kappa shape index (κ2) is 8.16. The molecule has 1 heterocycles. The molecule has 5 heteroatoms. The van der Waals surface area contributed by atoms with Gasteiger partial charge in [-0.2, -0.15) is 16.9 Å². The molecular weight excluding hydrogens is 298 g/mol. The molecule has 0 aliphatic heterocycles. The highest BCUT2D eigenvalue weighted by Crippen LogP contribution is 2.26. The van der Waals surface area contributed by atoms with Gasteiger partial charge in [-0.3, -0.25) is 4.68 Å². The molecule has 0 fully saturated rings. The first kappa shape index (κ1) is 15.1. The summed E-state index contributed by atoms with van der Waals surface area (Å²) in [5.74, 6) is 1.17. The largest absolute Gasteiger partial charge is 0.309 e. The molecule has 0 spiro atoms. The van der Waals surface area contributed by atoms with Gasteiger partial charge in [0, 0.05) is 6.54 Å². The number of hydrogen-bond acceptors (Lipinski definition) is 3. The molecule has 1 aromatic heterocycles. The van der Waals surface area contributed by atoms with Crippen LogP contribution in [0.4, 0.5) is 0 Å². The minimum atomic E-state index is 0.399. The van der Waals surface area contributed by atoms with E-state index in [-0.39, 0.29) is 0 Å². The van der Waals surface area contributed by atoms with Gasteiger partial charge in [-0.1, -0.05) is 13.8 Å². The Morgan fingerprint density at radius 2 is 2.29 bits per heavy atom. The summed E-state index contributed by atoms with van der Waals surface area (Å²) >= 11 is 5.51. The molecule has 0 aliphatic rings. The van der Waals surface area contributed by atoms with Crippen LogP contribution >= 0.6 is 27.7 Å². The van der Waals surface area contributed by atoms with E-state index >= 15 is 0 Å². The maximum Gasteiger partial charge on any atom is 0.0695 e. The van der Waals surface area contributed by atoms with Crippen LogP contribution in [0.5, 0.6) is 0 Å². The fourth-order valence-electron chi connectivity index (χ4n) is 1.93. The lowest BCUT2D eigenvalue weighted by molar-refractivity contribution is 0.471. The Morgan fingerprint density at radius 1 is 1.53 bits per heavy atom. The first-order valence-corrected chi connectivity index (χ1v) is 8.36. The van der Waals surface area contributed by atoms with Crippen molar-refractivity contribution in [3.63, 3.8) is 0 Å². The van der Waals surface area contributed by atoms with Crippen LogP contribution in [0, 0.1) is 0 Å². The zero-order valence-corrected chi connectivity index (χ0v) is 13.3. The topological polar surface area (TPSA) is 29.9 Å². The van der Waals surface area contributed by atoms with Gasteiger partial charge in [-0.05, 0) is 47.3 Å². The van der Waals surface area contributed by atoms with E-state index in [4.69, 9.17) is 0 Å². The van der Waals surface area contributed by atoms with Crippen molar-refractivity contribution < 1.29 is 0 Å².